The second-order valence-electron chi connectivity index (χ2n) is 9.11. The minimum Gasteiger partial charge on any atom is -0.394 e. The molecule has 2 aliphatic heterocycles. The number of sulfonamides is 1. The summed E-state index contributed by atoms with van der Waals surface area (Å²) in [5.41, 5.74) is 0.670. The monoisotopic (exact) mass is 601 g/mol. The number of rotatable bonds is 7. The van der Waals surface area contributed by atoms with Gasteiger partial charge >= 0.3 is 6.18 Å². The van der Waals surface area contributed by atoms with Crippen LogP contribution in [0.5, 0.6) is 0 Å². The highest BCUT2D eigenvalue weighted by Crippen LogP contribution is 2.33. The van der Waals surface area contributed by atoms with E-state index >= 15 is 0 Å². The highest BCUT2D eigenvalue weighted by atomic mass is 35.5. The largest absolute Gasteiger partial charge is 0.416 e. The van der Waals surface area contributed by atoms with Crippen LogP contribution in [-0.4, -0.2) is 87.2 Å². The van der Waals surface area contributed by atoms with Gasteiger partial charge in [-0.2, -0.15) is 13.2 Å². The van der Waals surface area contributed by atoms with Gasteiger partial charge in [0.25, 0.3) is 0 Å². The van der Waals surface area contributed by atoms with E-state index in [0.29, 0.717) is 31.9 Å². The molecule has 2 aromatic carbocycles. The van der Waals surface area contributed by atoms with Gasteiger partial charge in [-0.3, -0.25) is 4.90 Å². The maximum absolute atomic E-state index is 13.1. The molecule has 0 unspecified atom stereocenters. The lowest BCUT2D eigenvalue weighted by molar-refractivity contribution is -0.137. The Hall–Kier alpha value is -1.64. The Morgan fingerprint density at radius 3 is 2.24 bits per heavy atom. The first-order valence-electron chi connectivity index (χ1n) is 11.7. The van der Waals surface area contributed by atoms with Gasteiger partial charge in [0.05, 0.1) is 29.2 Å². The van der Waals surface area contributed by atoms with Gasteiger partial charge < -0.3 is 19.8 Å². The Bertz CT molecular complexity index is 1150. The normalized spacial score (nSPS) is 24.5. The third-order valence-electron chi connectivity index (χ3n) is 6.72. The summed E-state index contributed by atoms with van der Waals surface area (Å²) in [5, 5.41) is 20.5. The fourth-order valence-corrected chi connectivity index (χ4v) is 5.79. The molecule has 2 aliphatic rings. The lowest BCUT2D eigenvalue weighted by Crippen LogP contribution is -2.57. The van der Waals surface area contributed by atoms with E-state index in [-0.39, 0.29) is 36.3 Å². The predicted octanol–water partition coefficient (Wildman–Crippen LogP) is 2.45. The van der Waals surface area contributed by atoms with Gasteiger partial charge in [0.1, 0.15) is 12.2 Å². The molecule has 0 aliphatic carbocycles. The predicted molar refractivity (Wildman–Crippen MR) is 142 cm³/mol. The van der Waals surface area contributed by atoms with Crippen LogP contribution in [0, 0.1) is 6.92 Å². The van der Waals surface area contributed by atoms with Crippen molar-refractivity contribution in [1.82, 2.24) is 9.62 Å². The molecular weight excluding hydrogens is 570 g/mol. The van der Waals surface area contributed by atoms with Gasteiger partial charge in [0.2, 0.25) is 10.0 Å². The molecule has 0 radical (unpaired) electrons. The fraction of sp³-hybridized carbons (Fsp3) is 0.500. The highest BCUT2D eigenvalue weighted by Gasteiger charge is 2.47. The number of halogens is 5. The number of hydrogen-bond acceptors (Lipinski definition) is 7. The van der Waals surface area contributed by atoms with Gasteiger partial charge in [-0.05, 0) is 37.3 Å². The molecule has 0 bridgehead atoms. The SMILES string of the molecule is Cc1ccc(S(=O)(=O)NC[C@H]2O[C@@H](CO)[C@@H](O)[C@H]2N2CCN(c3cccc(C(F)(F)F)c3)CC2)cc1.Cl.Cl. The number of piperazine rings is 1. The van der Waals surface area contributed by atoms with E-state index < -0.39 is 52.7 Å². The smallest absolute Gasteiger partial charge is 0.394 e. The van der Waals surface area contributed by atoms with E-state index in [9.17, 15) is 31.8 Å². The Balaban J connectivity index is 0.00000253. The summed E-state index contributed by atoms with van der Waals surface area (Å²) >= 11 is 0. The summed E-state index contributed by atoms with van der Waals surface area (Å²) in [5.74, 6) is 0. The molecule has 2 saturated heterocycles. The number of anilines is 1. The van der Waals surface area contributed by atoms with E-state index in [1.54, 1.807) is 18.2 Å². The lowest BCUT2D eigenvalue weighted by Gasteiger charge is -2.41. The highest BCUT2D eigenvalue weighted by molar-refractivity contribution is 7.89. The van der Waals surface area contributed by atoms with Crippen LogP contribution in [0.2, 0.25) is 0 Å². The Morgan fingerprint density at radius 2 is 1.66 bits per heavy atom. The number of aryl methyl sites for hydroxylation is 1. The van der Waals surface area contributed by atoms with Crippen LogP contribution in [0.3, 0.4) is 0 Å². The van der Waals surface area contributed by atoms with Gasteiger partial charge in [0, 0.05) is 38.4 Å². The van der Waals surface area contributed by atoms with Crippen molar-refractivity contribution in [3.63, 3.8) is 0 Å². The van der Waals surface area contributed by atoms with E-state index in [2.05, 4.69) is 4.72 Å². The number of hydrogen-bond donors (Lipinski definition) is 3. The van der Waals surface area contributed by atoms with Crippen molar-refractivity contribution in [3.8, 4) is 0 Å². The number of aliphatic hydroxyl groups is 2. The molecule has 2 aromatic rings. The van der Waals surface area contributed by atoms with Crippen molar-refractivity contribution in [1.29, 1.82) is 0 Å². The molecule has 14 heteroatoms. The minimum absolute atomic E-state index is 0. The summed E-state index contributed by atoms with van der Waals surface area (Å²) in [6, 6.07) is 11.0. The molecule has 0 aromatic heterocycles. The van der Waals surface area contributed by atoms with Crippen LogP contribution >= 0.6 is 24.8 Å². The number of alkyl halides is 3. The van der Waals surface area contributed by atoms with E-state index in [0.717, 1.165) is 17.7 Å². The molecule has 0 saturated carbocycles. The summed E-state index contributed by atoms with van der Waals surface area (Å²) in [4.78, 5) is 3.89. The average Bonchev–Trinajstić information content (AvgIpc) is 3.18. The minimum atomic E-state index is -4.43. The van der Waals surface area contributed by atoms with Crippen molar-refractivity contribution in [2.24, 2.45) is 0 Å². The zero-order valence-corrected chi connectivity index (χ0v) is 23.0. The molecule has 214 valence electrons. The molecule has 3 N–H and O–H groups in total. The van der Waals surface area contributed by atoms with Crippen LogP contribution in [0.25, 0.3) is 0 Å². The summed E-state index contributed by atoms with van der Waals surface area (Å²) < 4.78 is 73.1. The zero-order valence-electron chi connectivity index (χ0n) is 20.5. The topological polar surface area (TPSA) is 102 Å². The Labute approximate surface area is 232 Å². The van der Waals surface area contributed by atoms with Crippen molar-refractivity contribution < 1.29 is 36.5 Å². The lowest BCUT2D eigenvalue weighted by atomic mass is 10.0. The van der Waals surface area contributed by atoms with Crippen LogP contribution in [-0.2, 0) is 20.9 Å². The van der Waals surface area contributed by atoms with Gasteiger partial charge in [-0.1, -0.05) is 23.8 Å². The molecule has 0 spiro atoms. The van der Waals surface area contributed by atoms with Gasteiger partial charge in [-0.15, -0.1) is 24.8 Å². The average molecular weight is 603 g/mol. The number of nitrogens with zero attached hydrogens (tertiary/aromatic N) is 2. The first-order valence-corrected chi connectivity index (χ1v) is 13.1. The molecule has 8 nitrogen and oxygen atoms in total. The van der Waals surface area contributed by atoms with Crippen molar-refractivity contribution in [2.45, 2.75) is 42.3 Å². The van der Waals surface area contributed by atoms with Crippen molar-refractivity contribution >= 4 is 40.5 Å². The van der Waals surface area contributed by atoms with E-state index in [4.69, 9.17) is 4.74 Å². The Kier molecular flexibility index (Phi) is 11.3. The van der Waals surface area contributed by atoms with Crippen LogP contribution in [0.4, 0.5) is 18.9 Å². The third-order valence-corrected chi connectivity index (χ3v) is 8.16. The van der Waals surface area contributed by atoms with Gasteiger partial charge in [0.15, 0.2) is 0 Å². The zero-order chi connectivity index (χ0) is 26.1. The Morgan fingerprint density at radius 1 is 1.03 bits per heavy atom. The quantitative estimate of drug-likeness (QED) is 0.448. The van der Waals surface area contributed by atoms with Crippen LogP contribution in [0.15, 0.2) is 53.4 Å². The van der Waals surface area contributed by atoms with E-state index in [1.165, 1.54) is 18.2 Å². The first-order chi connectivity index (χ1) is 17.0. The summed E-state index contributed by atoms with van der Waals surface area (Å²) in [7, 11) is -3.81. The molecule has 4 atom stereocenters. The maximum atomic E-state index is 13.1. The van der Waals surface area contributed by atoms with Crippen LogP contribution < -0.4 is 9.62 Å². The molecule has 38 heavy (non-hydrogen) atoms. The second kappa shape index (κ2) is 13.1. The van der Waals surface area contributed by atoms with Gasteiger partial charge in [-0.25, -0.2) is 13.1 Å². The molecule has 0 amide bonds. The van der Waals surface area contributed by atoms with E-state index in [1.807, 2.05) is 16.7 Å². The number of nitrogens with one attached hydrogen (secondary N) is 1. The molecular formula is C24H32Cl2F3N3O5S. The number of ether oxygens (including phenoxy) is 1. The first kappa shape index (κ1) is 32.6. The molecule has 4 rings (SSSR count). The van der Waals surface area contributed by atoms with Crippen molar-refractivity contribution in [2.75, 3.05) is 44.2 Å². The second-order valence-corrected chi connectivity index (χ2v) is 10.9. The fourth-order valence-electron chi connectivity index (χ4n) is 4.75. The maximum Gasteiger partial charge on any atom is 0.416 e. The van der Waals surface area contributed by atoms with Crippen molar-refractivity contribution in [3.05, 3.63) is 59.7 Å². The van der Waals surface area contributed by atoms with Crippen LogP contribution in [0.1, 0.15) is 11.1 Å². The molecule has 2 fully saturated rings. The summed E-state index contributed by atoms with van der Waals surface area (Å²) in [6.45, 7) is 2.98. The molecule has 2 heterocycles. The standard InChI is InChI=1S/C24H30F3N3O5S.2ClH/c1-16-5-7-19(8-6-16)36(33,34)28-14-20-22(23(32)21(15-31)35-20)30-11-9-29(10-12-30)18-4-2-3-17(13-18)24(25,26)27;;/h2-8,13,20-23,28,31-32H,9-12,14-15H2,1H3;2*1H/t20-,21+,22+,23-;;/m1../s1. The third kappa shape index (κ3) is 7.30. The number of benzene rings is 2. The summed E-state index contributed by atoms with van der Waals surface area (Å²) in [6.07, 6.45) is -7.08. The number of aliphatic hydroxyl groups excluding tert-OH is 2.